The van der Waals surface area contributed by atoms with Crippen LogP contribution in [0.2, 0.25) is 0 Å². The summed E-state index contributed by atoms with van der Waals surface area (Å²) in [5.74, 6) is 0.212. The molecule has 0 saturated carbocycles. The summed E-state index contributed by atoms with van der Waals surface area (Å²) >= 11 is 0. The van der Waals surface area contributed by atoms with E-state index in [1.165, 1.54) is 5.56 Å². The van der Waals surface area contributed by atoms with E-state index in [0.717, 1.165) is 43.9 Å². The molecule has 0 bridgehead atoms. The number of aromatic nitrogens is 1. The minimum absolute atomic E-state index is 0.212. The molecule has 0 radical (unpaired) electrons. The number of rotatable bonds is 4. The number of nitrogens with zero attached hydrogens (tertiary/aromatic N) is 3. The number of hydrogen-bond donors (Lipinski definition) is 0. The van der Waals surface area contributed by atoms with Crippen molar-refractivity contribution in [2.45, 2.75) is 25.8 Å². The molecule has 1 aliphatic heterocycles. The number of fused-ring (bicyclic) bond motifs is 1. The minimum atomic E-state index is 0.212. The molecule has 0 aliphatic carbocycles. The molecular formula is C19H23N3O. The molecule has 0 atom stereocenters. The third kappa shape index (κ3) is 3.96. The fourth-order valence-electron chi connectivity index (χ4n) is 3.03. The fourth-order valence-corrected chi connectivity index (χ4v) is 3.03. The second-order valence-corrected chi connectivity index (χ2v) is 6.09. The molecule has 1 aromatic carbocycles. The van der Waals surface area contributed by atoms with Crippen LogP contribution in [-0.2, 0) is 17.8 Å². The maximum Gasteiger partial charge on any atom is 0.227 e. The van der Waals surface area contributed by atoms with Gasteiger partial charge in [0, 0.05) is 43.6 Å². The molecule has 120 valence electrons. The lowest BCUT2D eigenvalue weighted by Gasteiger charge is -2.22. The third-order valence-corrected chi connectivity index (χ3v) is 4.28. The van der Waals surface area contributed by atoms with Gasteiger partial charge in [-0.3, -0.25) is 9.78 Å². The van der Waals surface area contributed by atoms with Gasteiger partial charge in [0.1, 0.15) is 0 Å². The van der Waals surface area contributed by atoms with E-state index in [4.69, 9.17) is 0 Å². The van der Waals surface area contributed by atoms with Crippen molar-refractivity contribution < 1.29 is 4.79 Å². The molecule has 2 aromatic rings. The van der Waals surface area contributed by atoms with Crippen LogP contribution < -0.4 is 4.90 Å². The Balaban J connectivity index is 1.65. The number of carbonyl (C=O) groups is 1. The largest absolute Gasteiger partial charge is 0.311 e. The monoisotopic (exact) mass is 309 g/mol. The Kier molecular flexibility index (Phi) is 5.03. The zero-order valence-corrected chi connectivity index (χ0v) is 13.6. The second-order valence-electron chi connectivity index (χ2n) is 6.09. The van der Waals surface area contributed by atoms with Gasteiger partial charge < -0.3 is 9.80 Å². The molecule has 0 saturated heterocycles. The quantitative estimate of drug-likeness (QED) is 0.871. The number of likely N-dealkylation sites (N-methyl/N-ethyl adjacent to an activating group) is 1. The Morgan fingerprint density at radius 3 is 2.78 bits per heavy atom. The second kappa shape index (κ2) is 7.38. The molecule has 2 heterocycles. The van der Waals surface area contributed by atoms with Crippen LogP contribution in [0, 0.1) is 0 Å². The van der Waals surface area contributed by atoms with E-state index >= 15 is 0 Å². The predicted molar refractivity (Wildman–Crippen MR) is 92.3 cm³/mol. The van der Waals surface area contributed by atoms with Crippen LogP contribution in [0.5, 0.6) is 0 Å². The van der Waals surface area contributed by atoms with Crippen LogP contribution in [-0.4, -0.2) is 35.9 Å². The highest BCUT2D eigenvalue weighted by atomic mass is 16.2. The zero-order valence-electron chi connectivity index (χ0n) is 13.6. The molecule has 3 rings (SSSR count). The van der Waals surface area contributed by atoms with Crippen LogP contribution in [0.4, 0.5) is 5.69 Å². The Hall–Kier alpha value is -2.20. The number of amides is 1. The van der Waals surface area contributed by atoms with E-state index in [1.807, 2.05) is 35.2 Å². The molecule has 1 amide bonds. The van der Waals surface area contributed by atoms with E-state index < -0.39 is 0 Å². The molecule has 0 spiro atoms. The van der Waals surface area contributed by atoms with E-state index in [-0.39, 0.29) is 5.91 Å². The first-order valence-corrected chi connectivity index (χ1v) is 8.21. The van der Waals surface area contributed by atoms with E-state index in [9.17, 15) is 4.79 Å². The van der Waals surface area contributed by atoms with E-state index in [0.29, 0.717) is 6.42 Å². The van der Waals surface area contributed by atoms with Gasteiger partial charge in [-0.2, -0.15) is 0 Å². The van der Waals surface area contributed by atoms with Gasteiger partial charge in [-0.1, -0.05) is 24.3 Å². The molecule has 4 nitrogen and oxygen atoms in total. The number of aryl methyl sites for hydroxylation is 1. The molecule has 0 unspecified atom stereocenters. The summed E-state index contributed by atoms with van der Waals surface area (Å²) in [5.41, 5.74) is 3.35. The molecule has 0 N–H and O–H groups in total. The van der Waals surface area contributed by atoms with Crippen molar-refractivity contribution in [3.05, 3.63) is 59.9 Å². The van der Waals surface area contributed by atoms with Gasteiger partial charge in [0.15, 0.2) is 0 Å². The molecular weight excluding hydrogens is 286 g/mol. The number of hydrogen-bond acceptors (Lipinski definition) is 3. The smallest absolute Gasteiger partial charge is 0.227 e. The summed E-state index contributed by atoms with van der Waals surface area (Å²) in [6.07, 6.45) is 4.05. The van der Waals surface area contributed by atoms with Crippen molar-refractivity contribution in [2.24, 2.45) is 0 Å². The van der Waals surface area contributed by atoms with Crippen LogP contribution in [0.25, 0.3) is 0 Å². The lowest BCUT2D eigenvalue weighted by molar-refractivity contribution is -0.118. The highest BCUT2D eigenvalue weighted by Crippen LogP contribution is 2.25. The normalized spacial score (nSPS) is 15.1. The standard InChI is InChI=1S/C19H23N3O/c1-21-13-14-22(18-10-3-2-7-16(18)15-21)19(23)11-6-9-17-8-4-5-12-20-17/h2-5,7-8,10,12H,6,9,11,13-15H2,1H3. The summed E-state index contributed by atoms with van der Waals surface area (Å²) in [7, 11) is 2.10. The average molecular weight is 309 g/mol. The van der Waals surface area contributed by atoms with Crippen molar-refractivity contribution in [3.8, 4) is 0 Å². The number of benzene rings is 1. The third-order valence-electron chi connectivity index (χ3n) is 4.28. The van der Waals surface area contributed by atoms with Crippen molar-refractivity contribution in [2.75, 3.05) is 25.0 Å². The van der Waals surface area contributed by atoms with Gasteiger partial charge in [0.05, 0.1) is 0 Å². The van der Waals surface area contributed by atoms with Gasteiger partial charge in [0.25, 0.3) is 0 Å². The van der Waals surface area contributed by atoms with Crippen molar-refractivity contribution in [1.82, 2.24) is 9.88 Å². The number of carbonyl (C=O) groups excluding carboxylic acids is 1. The van der Waals surface area contributed by atoms with Gasteiger partial charge >= 0.3 is 0 Å². The van der Waals surface area contributed by atoms with Crippen LogP contribution in [0.1, 0.15) is 24.1 Å². The van der Waals surface area contributed by atoms with E-state index in [2.05, 4.69) is 29.1 Å². The van der Waals surface area contributed by atoms with Gasteiger partial charge in [-0.05, 0) is 43.7 Å². The lowest BCUT2D eigenvalue weighted by atomic mass is 10.1. The highest BCUT2D eigenvalue weighted by Gasteiger charge is 2.22. The van der Waals surface area contributed by atoms with Crippen LogP contribution in [0.3, 0.4) is 0 Å². The fraction of sp³-hybridized carbons (Fsp3) is 0.368. The number of anilines is 1. The predicted octanol–water partition coefficient (Wildman–Crippen LogP) is 2.88. The summed E-state index contributed by atoms with van der Waals surface area (Å²) < 4.78 is 0. The maximum atomic E-state index is 12.7. The van der Waals surface area contributed by atoms with Gasteiger partial charge in [-0.25, -0.2) is 0 Å². The first kappa shape index (κ1) is 15.7. The summed E-state index contributed by atoms with van der Waals surface area (Å²) in [5, 5.41) is 0. The van der Waals surface area contributed by atoms with Crippen LogP contribution in [0.15, 0.2) is 48.7 Å². The SMILES string of the molecule is CN1CCN(C(=O)CCCc2ccccn2)c2ccccc2C1. The molecule has 23 heavy (non-hydrogen) atoms. The molecule has 1 aliphatic rings. The number of para-hydroxylation sites is 1. The Labute approximate surface area is 137 Å². The summed E-state index contributed by atoms with van der Waals surface area (Å²) in [6.45, 7) is 2.56. The maximum absolute atomic E-state index is 12.7. The van der Waals surface area contributed by atoms with Crippen molar-refractivity contribution in [1.29, 1.82) is 0 Å². The van der Waals surface area contributed by atoms with E-state index in [1.54, 1.807) is 6.20 Å². The number of pyridine rings is 1. The first-order valence-electron chi connectivity index (χ1n) is 8.21. The Morgan fingerprint density at radius 2 is 1.96 bits per heavy atom. The topological polar surface area (TPSA) is 36.4 Å². The van der Waals surface area contributed by atoms with Crippen LogP contribution >= 0.6 is 0 Å². The highest BCUT2D eigenvalue weighted by molar-refractivity contribution is 5.94. The van der Waals surface area contributed by atoms with Crippen molar-refractivity contribution in [3.63, 3.8) is 0 Å². The van der Waals surface area contributed by atoms with Gasteiger partial charge in [0.2, 0.25) is 5.91 Å². The zero-order chi connectivity index (χ0) is 16.1. The summed E-state index contributed by atoms with van der Waals surface area (Å²) in [6, 6.07) is 14.2. The first-order chi connectivity index (χ1) is 11.2. The molecule has 4 heteroatoms. The summed E-state index contributed by atoms with van der Waals surface area (Å²) in [4.78, 5) is 21.2. The lowest BCUT2D eigenvalue weighted by Crippen LogP contribution is -2.35. The average Bonchev–Trinajstić information content (AvgIpc) is 2.74. The minimum Gasteiger partial charge on any atom is -0.311 e. The molecule has 0 fully saturated rings. The van der Waals surface area contributed by atoms with Gasteiger partial charge in [-0.15, -0.1) is 0 Å². The van der Waals surface area contributed by atoms with Crippen molar-refractivity contribution >= 4 is 11.6 Å². The Bertz CT molecular complexity index is 657. The Morgan fingerprint density at radius 1 is 1.13 bits per heavy atom. The molecule has 1 aromatic heterocycles.